The highest BCUT2D eigenvalue weighted by atomic mass is 32.1. The molecule has 0 aliphatic heterocycles. The van der Waals surface area contributed by atoms with Crippen LogP contribution in [0, 0.1) is 0 Å². The average Bonchev–Trinajstić information content (AvgIpc) is 3.00. The van der Waals surface area contributed by atoms with Gasteiger partial charge in [0.1, 0.15) is 16.1 Å². The standard InChI is InChI=1S/C11H14N4O2S/c1-4-17-10(16)11(2,3)8-6-18-9(13-8)7-5-12-15-14-7/h5-6H,4H2,1-3H3,(H,12,14,15). The molecule has 0 amide bonds. The summed E-state index contributed by atoms with van der Waals surface area (Å²) < 4.78 is 5.05. The molecular formula is C11H14N4O2S. The van der Waals surface area contributed by atoms with Gasteiger partial charge >= 0.3 is 5.97 Å². The van der Waals surface area contributed by atoms with Crippen LogP contribution in [-0.2, 0) is 14.9 Å². The van der Waals surface area contributed by atoms with Gasteiger partial charge in [0.2, 0.25) is 0 Å². The van der Waals surface area contributed by atoms with Gasteiger partial charge in [0, 0.05) is 5.38 Å². The van der Waals surface area contributed by atoms with Gasteiger partial charge < -0.3 is 4.74 Å². The van der Waals surface area contributed by atoms with Crippen molar-refractivity contribution in [2.24, 2.45) is 0 Å². The molecule has 0 aromatic carbocycles. The molecule has 7 heteroatoms. The number of aromatic nitrogens is 4. The van der Waals surface area contributed by atoms with Crippen molar-refractivity contribution in [1.29, 1.82) is 0 Å². The van der Waals surface area contributed by atoms with Crippen LogP contribution in [0.25, 0.3) is 10.7 Å². The minimum absolute atomic E-state index is 0.276. The van der Waals surface area contributed by atoms with Crippen molar-refractivity contribution in [2.75, 3.05) is 6.61 Å². The first-order chi connectivity index (χ1) is 8.55. The van der Waals surface area contributed by atoms with Gasteiger partial charge in [-0.15, -0.1) is 11.3 Å². The maximum Gasteiger partial charge on any atom is 0.317 e. The number of rotatable bonds is 4. The lowest BCUT2D eigenvalue weighted by molar-refractivity contribution is -0.148. The smallest absolute Gasteiger partial charge is 0.317 e. The Bertz CT molecular complexity index is 533. The van der Waals surface area contributed by atoms with Gasteiger partial charge in [-0.1, -0.05) is 0 Å². The summed E-state index contributed by atoms with van der Waals surface area (Å²) in [4.78, 5) is 16.3. The van der Waals surface area contributed by atoms with Crippen LogP contribution < -0.4 is 0 Å². The number of hydrogen-bond acceptors (Lipinski definition) is 6. The Labute approximate surface area is 108 Å². The van der Waals surface area contributed by atoms with Gasteiger partial charge in [-0.3, -0.25) is 4.79 Å². The zero-order valence-corrected chi connectivity index (χ0v) is 11.2. The molecule has 0 radical (unpaired) electrons. The number of H-pyrrole nitrogens is 1. The van der Waals surface area contributed by atoms with Crippen molar-refractivity contribution in [3.63, 3.8) is 0 Å². The van der Waals surface area contributed by atoms with Gasteiger partial charge in [-0.05, 0) is 20.8 Å². The Morgan fingerprint density at radius 1 is 1.56 bits per heavy atom. The van der Waals surface area contributed by atoms with E-state index >= 15 is 0 Å². The fourth-order valence-electron chi connectivity index (χ4n) is 1.40. The number of ether oxygens (including phenoxy) is 1. The van der Waals surface area contributed by atoms with E-state index in [0.717, 1.165) is 5.01 Å². The molecule has 0 bridgehead atoms. The molecule has 0 fully saturated rings. The first-order valence-electron chi connectivity index (χ1n) is 5.55. The van der Waals surface area contributed by atoms with Crippen LogP contribution in [0.1, 0.15) is 26.5 Å². The maximum atomic E-state index is 11.9. The van der Waals surface area contributed by atoms with Gasteiger partial charge in [-0.2, -0.15) is 15.4 Å². The molecule has 0 saturated carbocycles. The van der Waals surface area contributed by atoms with Crippen LogP contribution >= 0.6 is 11.3 Å². The molecule has 0 saturated heterocycles. The molecule has 0 atom stereocenters. The number of thiazole rings is 1. The van der Waals surface area contributed by atoms with Crippen LogP contribution in [0.15, 0.2) is 11.6 Å². The summed E-state index contributed by atoms with van der Waals surface area (Å²) in [5.41, 5.74) is 0.601. The van der Waals surface area contributed by atoms with Crippen LogP contribution in [0.2, 0.25) is 0 Å². The van der Waals surface area contributed by atoms with Crippen LogP contribution in [-0.4, -0.2) is 33.0 Å². The second-order valence-corrected chi connectivity index (χ2v) is 5.10. The van der Waals surface area contributed by atoms with E-state index in [9.17, 15) is 4.79 Å². The van der Waals surface area contributed by atoms with Crippen molar-refractivity contribution in [3.05, 3.63) is 17.3 Å². The summed E-state index contributed by atoms with van der Waals surface area (Å²) in [5, 5.41) is 12.8. The van der Waals surface area contributed by atoms with Crippen LogP contribution in [0.3, 0.4) is 0 Å². The summed E-state index contributed by atoms with van der Waals surface area (Å²) >= 11 is 1.43. The second-order valence-electron chi connectivity index (χ2n) is 4.24. The molecule has 18 heavy (non-hydrogen) atoms. The SMILES string of the molecule is CCOC(=O)C(C)(C)c1csc(-c2cn[nH]n2)n1. The monoisotopic (exact) mass is 266 g/mol. The Kier molecular flexibility index (Phi) is 3.42. The largest absolute Gasteiger partial charge is 0.465 e. The van der Waals surface area contributed by atoms with E-state index in [4.69, 9.17) is 4.74 Å². The number of carbonyl (C=O) groups is 1. The lowest BCUT2D eigenvalue weighted by Crippen LogP contribution is -2.31. The van der Waals surface area contributed by atoms with E-state index in [1.165, 1.54) is 11.3 Å². The summed E-state index contributed by atoms with van der Waals surface area (Å²) in [6.45, 7) is 5.75. The Balaban J connectivity index is 2.27. The zero-order chi connectivity index (χ0) is 13.2. The van der Waals surface area contributed by atoms with Gasteiger partial charge in [0.05, 0.1) is 18.5 Å². The lowest BCUT2D eigenvalue weighted by Gasteiger charge is -2.19. The summed E-state index contributed by atoms with van der Waals surface area (Å²) in [7, 11) is 0. The van der Waals surface area contributed by atoms with Crippen molar-refractivity contribution >= 4 is 17.3 Å². The fourth-order valence-corrected chi connectivity index (χ4v) is 2.34. The molecule has 0 aliphatic carbocycles. The topological polar surface area (TPSA) is 80.8 Å². The van der Waals surface area contributed by atoms with Gasteiger partial charge in [0.25, 0.3) is 0 Å². The molecule has 0 unspecified atom stereocenters. The van der Waals surface area contributed by atoms with E-state index in [2.05, 4.69) is 20.4 Å². The van der Waals surface area contributed by atoms with Crippen molar-refractivity contribution in [1.82, 2.24) is 20.4 Å². The van der Waals surface area contributed by atoms with Crippen molar-refractivity contribution in [2.45, 2.75) is 26.2 Å². The molecule has 1 N–H and O–H groups in total. The van der Waals surface area contributed by atoms with Crippen molar-refractivity contribution < 1.29 is 9.53 Å². The highest BCUT2D eigenvalue weighted by molar-refractivity contribution is 7.13. The Morgan fingerprint density at radius 2 is 2.33 bits per heavy atom. The third kappa shape index (κ3) is 2.26. The number of nitrogens with zero attached hydrogens (tertiary/aromatic N) is 3. The second kappa shape index (κ2) is 4.85. The number of nitrogens with one attached hydrogen (secondary N) is 1. The molecule has 0 aliphatic rings. The number of esters is 1. The number of carbonyl (C=O) groups excluding carboxylic acids is 1. The molecule has 0 spiro atoms. The normalized spacial score (nSPS) is 11.5. The predicted octanol–water partition coefficient (Wildman–Crippen LogP) is 1.77. The van der Waals surface area contributed by atoms with Crippen molar-refractivity contribution in [3.8, 4) is 10.7 Å². The minimum atomic E-state index is -0.755. The fraction of sp³-hybridized carbons (Fsp3) is 0.455. The summed E-state index contributed by atoms with van der Waals surface area (Å²) in [5.74, 6) is -0.276. The molecule has 2 heterocycles. The molecule has 2 aromatic heterocycles. The van der Waals surface area contributed by atoms with Crippen LogP contribution in [0.5, 0.6) is 0 Å². The Morgan fingerprint density at radius 3 is 2.94 bits per heavy atom. The molecule has 2 aromatic rings. The van der Waals surface area contributed by atoms with E-state index in [1.807, 2.05) is 5.38 Å². The number of aromatic amines is 1. The summed E-state index contributed by atoms with van der Waals surface area (Å²) in [6.07, 6.45) is 1.60. The van der Waals surface area contributed by atoms with E-state index in [1.54, 1.807) is 27.0 Å². The highest BCUT2D eigenvalue weighted by Crippen LogP contribution is 2.29. The lowest BCUT2D eigenvalue weighted by atomic mass is 9.90. The predicted molar refractivity (Wildman–Crippen MR) is 67.1 cm³/mol. The van der Waals surface area contributed by atoms with Gasteiger partial charge in [-0.25, -0.2) is 4.98 Å². The van der Waals surface area contributed by atoms with E-state index in [-0.39, 0.29) is 5.97 Å². The molecule has 96 valence electrons. The first kappa shape index (κ1) is 12.7. The van der Waals surface area contributed by atoms with E-state index < -0.39 is 5.41 Å². The highest BCUT2D eigenvalue weighted by Gasteiger charge is 2.34. The average molecular weight is 266 g/mol. The third-order valence-electron chi connectivity index (χ3n) is 2.56. The van der Waals surface area contributed by atoms with Crippen LogP contribution in [0.4, 0.5) is 0 Å². The maximum absolute atomic E-state index is 11.9. The molecule has 6 nitrogen and oxygen atoms in total. The zero-order valence-electron chi connectivity index (χ0n) is 10.4. The van der Waals surface area contributed by atoms with Gasteiger partial charge in [0.15, 0.2) is 0 Å². The third-order valence-corrected chi connectivity index (χ3v) is 3.43. The first-order valence-corrected chi connectivity index (χ1v) is 6.43. The molecule has 2 rings (SSSR count). The molecular weight excluding hydrogens is 252 g/mol. The van der Waals surface area contributed by atoms with E-state index in [0.29, 0.717) is 18.0 Å². The summed E-state index contributed by atoms with van der Waals surface area (Å²) in [6, 6.07) is 0. The Hall–Kier alpha value is -1.76. The minimum Gasteiger partial charge on any atom is -0.465 e. The quantitative estimate of drug-likeness (QED) is 0.853. The number of hydrogen-bond donors (Lipinski definition) is 1.